The number of nitrogens with one attached hydrogen (secondary N) is 1. The van der Waals surface area contributed by atoms with E-state index in [9.17, 15) is 22.2 Å². The van der Waals surface area contributed by atoms with Gasteiger partial charge in [-0.3, -0.25) is 9.52 Å². The van der Waals surface area contributed by atoms with Crippen molar-refractivity contribution in [2.24, 2.45) is 0 Å². The van der Waals surface area contributed by atoms with Crippen LogP contribution in [0.1, 0.15) is 21.6 Å². The lowest BCUT2D eigenvalue weighted by Crippen LogP contribution is -2.28. The molecule has 0 bridgehead atoms. The van der Waals surface area contributed by atoms with Crippen LogP contribution in [0, 0.1) is 6.92 Å². The van der Waals surface area contributed by atoms with Crippen LogP contribution in [0.3, 0.4) is 0 Å². The van der Waals surface area contributed by atoms with Gasteiger partial charge in [0.2, 0.25) is 0 Å². The van der Waals surface area contributed by atoms with Crippen molar-refractivity contribution in [3.05, 3.63) is 81.6 Å². The molecule has 1 unspecified atom stereocenters. The number of alkyl halides is 3. The van der Waals surface area contributed by atoms with Gasteiger partial charge in [0.05, 0.1) is 26.2 Å². The van der Waals surface area contributed by atoms with Gasteiger partial charge in [-0.1, -0.05) is 35.3 Å². The van der Waals surface area contributed by atoms with Crippen LogP contribution < -0.4 is 9.62 Å². The first-order chi connectivity index (χ1) is 15.0. The third-order valence-corrected chi connectivity index (χ3v) is 6.03. The van der Waals surface area contributed by atoms with E-state index in [0.29, 0.717) is 11.8 Å². The zero-order chi connectivity index (χ0) is 23.6. The SMILES string of the molecule is Cc1cccc(N(C)C(=O)c2ncc(Cl)cc2NS(=O)c2ccc(Cl)c(C(F)(F)F)c2)c1. The first-order valence-electron chi connectivity index (χ1n) is 9.03. The molecule has 0 saturated heterocycles. The maximum atomic E-state index is 13.1. The summed E-state index contributed by atoms with van der Waals surface area (Å²) in [5.41, 5.74) is 0.326. The van der Waals surface area contributed by atoms with Crippen molar-refractivity contribution >= 4 is 51.5 Å². The van der Waals surface area contributed by atoms with Crippen LogP contribution in [-0.4, -0.2) is 22.1 Å². The number of anilines is 2. The number of amides is 1. The summed E-state index contributed by atoms with van der Waals surface area (Å²) in [4.78, 5) is 18.3. The highest BCUT2D eigenvalue weighted by Crippen LogP contribution is 2.36. The lowest BCUT2D eigenvalue weighted by Gasteiger charge is -2.19. The molecule has 1 amide bonds. The van der Waals surface area contributed by atoms with E-state index in [1.54, 1.807) is 25.2 Å². The van der Waals surface area contributed by atoms with Gasteiger partial charge >= 0.3 is 6.18 Å². The highest BCUT2D eigenvalue weighted by Gasteiger charge is 2.34. The van der Waals surface area contributed by atoms with Crippen LogP contribution in [0.2, 0.25) is 10.0 Å². The monoisotopic (exact) mass is 501 g/mol. The third kappa shape index (κ3) is 5.40. The quantitative estimate of drug-likeness (QED) is 0.457. The van der Waals surface area contributed by atoms with Crippen LogP contribution in [-0.2, 0) is 17.2 Å². The Morgan fingerprint density at radius 1 is 1.12 bits per heavy atom. The fourth-order valence-electron chi connectivity index (χ4n) is 2.80. The number of halogens is 5. The van der Waals surface area contributed by atoms with Gasteiger partial charge in [0.1, 0.15) is 11.0 Å². The largest absolute Gasteiger partial charge is 0.417 e. The molecule has 1 aromatic heterocycles. The van der Waals surface area contributed by atoms with E-state index in [2.05, 4.69) is 9.71 Å². The first-order valence-corrected chi connectivity index (χ1v) is 10.9. The number of nitrogens with zero attached hydrogens (tertiary/aromatic N) is 2. The summed E-state index contributed by atoms with van der Waals surface area (Å²) in [5.74, 6) is -0.529. The van der Waals surface area contributed by atoms with Gasteiger partial charge in [0, 0.05) is 18.9 Å². The second-order valence-electron chi connectivity index (χ2n) is 6.76. The molecular formula is C21H16Cl2F3N3O2S. The van der Waals surface area contributed by atoms with Gasteiger partial charge in [-0.2, -0.15) is 13.2 Å². The van der Waals surface area contributed by atoms with Crippen molar-refractivity contribution < 1.29 is 22.2 Å². The second-order valence-corrected chi connectivity index (χ2v) is 8.82. The molecule has 32 heavy (non-hydrogen) atoms. The van der Waals surface area contributed by atoms with E-state index in [4.69, 9.17) is 23.2 Å². The average Bonchev–Trinajstić information content (AvgIpc) is 2.72. The van der Waals surface area contributed by atoms with E-state index in [1.165, 1.54) is 23.2 Å². The van der Waals surface area contributed by atoms with Crippen LogP contribution in [0.25, 0.3) is 0 Å². The number of pyridine rings is 1. The standard InChI is InChI=1S/C21H16Cl2F3N3O2S/c1-12-4-3-5-14(8-12)29(2)20(30)19-18(9-13(22)11-27-19)28-32(31)15-6-7-17(23)16(10-15)21(24,25)26/h3-11,28H,1-2H3. The molecular weight excluding hydrogens is 486 g/mol. The van der Waals surface area contributed by atoms with E-state index in [-0.39, 0.29) is 21.3 Å². The molecule has 0 aliphatic rings. The van der Waals surface area contributed by atoms with Gasteiger partial charge in [0.15, 0.2) is 5.69 Å². The normalized spacial score (nSPS) is 12.3. The Balaban J connectivity index is 1.94. The minimum absolute atomic E-state index is 0.00356. The summed E-state index contributed by atoms with van der Waals surface area (Å²) >= 11 is 11.6. The lowest BCUT2D eigenvalue weighted by molar-refractivity contribution is -0.137. The molecule has 168 valence electrons. The van der Waals surface area contributed by atoms with Crippen LogP contribution in [0.15, 0.2) is 59.6 Å². The second kappa shape index (κ2) is 9.48. The van der Waals surface area contributed by atoms with Crippen LogP contribution in [0.4, 0.5) is 24.5 Å². The molecule has 11 heteroatoms. The van der Waals surface area contributed by atoms with Gasteiger partial charge in [-0.25, -0.2) is 9.19 Å². The summed E-state index contributed by atoms with van der Waals surface area (Å²) < 4.78 is 54.7. The average molecular weight is 502 g/mol. The Hall–Kier alpha value is -2.62. The maximum Gasteiger partial charge on any atom is 0.417 e. The first kappa shape index (κ1) is 24.0. The summed E-state index contributed by atoms with van der Waals surface area (Å²) in [7, 11) is -0.618. The molecule has 0 saturated carbocycles. The number of aromatic nitrogens is 1. The summed E-state index contributed by atoms with van der Waals surface area (Å²) in [5, 5.41) is -0.371. The maximum absolute atomic E-state index is 13.1. The molecule has 2 aromatic carbocycles. The van der Waals surface area contributed by atoms with Gasteiger partial charge in [-0.05, 0) is 48.9 Å². The van der Waals surface area contributed by atoms with E-state index >= 15 is 0 Å². The molecule has 0 aliphatic carbocycles. The topological polar surface area (TPSA) is 62.3 Å². The molecule has 0 aliphatic heterocycles. The Morgan fingerprint density at radius 2 is 1.84 bits per heavy atom. The number of rotatable bonds is 5. The van der Waals surface area contributed by atoms with E-state index in [1.807, 2.05) is 13.0 Å². The fourth-order valence-corrected chi connectivity index (χ4v) is 4.07. The number of hydrogen-bond donors (Lipinski definition) is 1. The van der Waals surface area contributed by atoms with Crippen molar-refractivity contribution in [1.29, 1.82) is 0 Å². The summed E-state index contributed by atoms with van der Waals surface area (Å²) in [6.45, 7) is 1.87. The van der Waals surface area contributed by atoms with Crippen molar-refractivity contribution in [3.8, 4) is 0 Å². The van der Waals surface area contributed by atoms with Crippen molar-refractivity contribution in [1.82, 2.24) is 4.98 Å². The van der Waals surface area contributed by atoms with E-state index in [0.717, 1.165) is 11.6 Å². The number of carbonyl (C=O) groups excluding carboxylic acids is 1. The predicted octanol–water partition coefficient (Wildman–Crippen LogP) is 6.13. The highest BCUT2D eigenvalue weighted by atomic mass is 35.5. The van der Waals surface area contributed by atoms with Crippen LogP contribution >= 0.6 is 23.2 Å². The van der Waals surface area contributed by atoms with Crippen molar-refractivity contribution in [3.63, 3.8) is 0 Å². The summed E-state index contributed by atoms with van der Waals surface area (Å²) in [6.07, 6.45) is -3.47. The molecule has 5 nitrogen and oxygen atoms in total. The zero-order valence-electron chi connectivity index (χ0n) is 16.7. The Labute approximate surface area is 194 Å². The zero-order valence-corrected chi connectivity index (χ0v) is 19.0. The number of benzene rings is 2. The number of carbonyl (C=O) groups is 1. The Kier molecular flexibility index (Phi) is 7.12. The van der Waals surface area contributed by atoms with E-state index < -0.39 is 33.7 Å². The minimum atomic E-state index is -4.72. The van der Waals surface area contributed by atoms with Gasteiger partial charge in [-0.15, -0.1) is 0 Å². The Morgan fingerprint density at radius 3 is 2.50 bits per heavy atom. The molecule has 3 rings (SSSR count). The van der Waals surface area contributed by atoms with Crippen molar-refractivity contribution in [2.75, 3.05) is 16.7 Å². The third-order valence-electron chi connectivity index (χ3n) is 4.41. The lowest BCUT2D eigenvalue weighted by atomic mass is 10.2. The number of aryl methyl sites for hydroxylation is 1. The molecule has 1 N–H and O–H groups in total. The molecule has 1 heterocycles. The van der Waals surface area contributed by atoms with Gasteiger partial charge < -0.3 is 4.90 Å². The molecule has 1 atom stereocenters. The van der Waals surface area contributed by atoms with Crippen LogP contribution in [0.5, 0.6) is 0 Å². The Bertz CT molecular complexity index is 1210. The smallest absolute Gasteiger partial charge is 0.310 e. The molecule has 0 radical (unpaired) electrons. The number of hydrogen-bond acceptors (Lipinski definition) is 3. The molecule has 0 spiro atoms. The van der Waals surface area contributed by atoms with Crippen molar-refractivity contribution in [2.45, 2.75) is 18.0 Å². The summed E-state index contributed by atoms with van der Waals surface area (Å²) in [6, 6.07) is 11.4. The molecule has 3 aromatic rings. The molecule has 0 fully saturated rings. The highest BCUT2D eigenvalue weighted by molar-refractivity contribution is 7.86. The predicted molar refractivity (Wildman–Crippen MR) is 120 cm³/mol. The minimum Gasteiger partial charge on any atom is -0.310 e. The van der Waals surface area contributed by atoms with Gasteiger partial charge in [0.25, 0.3) is 5.91 Å². The fraction of sp³-hybridized carbons (Fsp3) is 0.143.